The minimum atomic E-state index is -0.446. The number of hydrogen-bond acceptors (Lipinski definition) is 12. The van der Waals surface area contributed by atoms with Crippen LogP contribution < -0.4 is 10.2 Å². The number of nitrogens with zero attached hydrogens (tertiary/aromatic N) is 8. The van der Waals surface area contributed by atoms with Gasteiger partial charge in [0.1, 0.15) is 13.2 Å². The third-order valence-corrected chi connectivity index (χ3v) is 6.45. The standard InChI is InChI=1S/C24H26N10O3/c35-22(36-15-33-8-7-19-20(14-33)29-32-28-19)10-21-30-31-23(37-21)16-11-25-24(26-12-16)27-17-6-9-34(13-17)18-4-2-1-3-5-18/h1-5,11-12,17H,6-10,13-15H2,(H,25,26,27)(H,28,29,32). The number of benzene rings is 1. The van der Waals surface area contributed by atoms with E-state index in [2.05, 4.69) is 57.9 Å². The van der Waals surface area contributed by atoms with Gasteiger partial charge in [0.15, 0.2) is 0 Å². The van der Waals surface area contributed by atoms with Gasteiger partial charge in [0.05, 0.1) is 17.0 Å². The Hall–Kier alpha value is -4.39. The maximum Gasteiger partial charge on any atom is 0.316 e. The third-order valence-electron chi connectivity index (χ3n) is 6.45. The number of esters is 1. The number of rotatable bonds is 8. The van der Waals surface area contributed by atoms with Crippen molar-refractivity contribution in [1.29, 1.82) is 0 Å². The second-order valence-corrected chi connectivity index (χ2v) is 9.05. The van der Waals surface area contributed by atoms with Crippen LogP contribution in [0.15, 0.2) is 47.1 Å². The zero-order valence-electron chi connectivity index (χ0n) is 20.1. The molecule has 0 bridgehead atoms. The van der Waals surface area contributed by atoms with Crippen LogP contribution in [-0.4, -0.2) is 78.9 Å². The van der Waals surface area contributed by atoms with Crippen molar-refractivity contribution in [3.05, 3.63) is 60.0 Å². The van der Waals surface area contributed by atoms with Crippen LogP contribution in [0, 0.1) is 0 Å². The van der Waals surface area contributed by atoms with Crippen LogP contribution in [0.5, 0.6) is 0 Å². The quantitative estimate of drug-likeness (QED) is 0.335. The van der Waals surface area contributed by atoms with Gasteiger partial charge in [0, 0.05) is 56.7 Å². The van der Waals surface area contributed by atoms with Crippen LogP contribution >= 0.6 is 0 Å². The van der Waals surface area contributed by atoms with E-state index in [1.54, 1.807) is 12.4 Å². The zero-order chi connectivity index (χ0) is 25.0. The molecule has 1 saturated heterocycles. The Labute approximate surface area is 212 Å². The molecule has 1 fully saturated rings. The highest BCUT2D eigenvalue weighted by Crippen LogP contribution is 2.22. The lowest BCUT2D eigenvalue weighted by Gasteiger charge is -2.24. The number of para-hydroxylation sites is 1. The minimum absolute atomic E-state index is 0.115. The molecule has 4 aromatic rings. The first-order valence-corrected chi connectivity index (χ1v) is 12.2. The predicted molar refractivity (Wildman–Crippen MR) is 131 cm³/mol. The Morgan fingerprint density at radius 1 is 1.11 bits per heavy atom. The smallest absolute Gasteiger partial charge is 0.316 e. The highest BCUT2D eigenvalue weighted by molar-refractivity contribution is 5.71. The topological polar surface area (TPSA) is 151 Å². The number of ether oxygens (including phenoxy) is 1. The van der Waals surface area contributed by atoms with Crippen LogP contribution in [0.1, 0.15) is 23.7 Å². The van der Waals surface area contributed by atoms with Gasteiger partial charge in [-0.2, -0.15) is 15.4 Å². The Morgan fingerprint density at radius 3 is 2.81 bits per heavy atom. The summed E-state index contributed by atoms with van der Waals surface area (Å²) in [5.74, 6) is 0.521. The number of carbonyl (C=O) groups is 1. The summed E-state index contributed by atoms with van der Waals surface area (Å²) in [6.45, 7) is 3.36. The van der Waals surface area contributed by atoms with E-state index in [-0.39, 0.29) is 31.0 Å². The van der Waals surface area contributed by atoms with Gasteiger partial charge in [-0.05, 0) is 18.6 Å². The van der Waals surface area contributed by atoms with Gasteiger partial charge in [0.2, 0.25) is 11.8 Å². The highest BCUT2D eigenvalue weighted by atomic mass is 16.5. The fourth-order valence-corrected chi connectivity index (χ4v) is 4.49. The molecule has 5 heterocycles. The fraction of sp³-hybridized carbons (Fsp3) is 0.375. The molecule has 0 amide bonds. The van der Waals surface area contributed by atoms with Gasteiger partial charge in [-0.1, -0.05) is 18.2 Å². The molecule has 13 nitrogen and oxygen atoms in total. The Bertz CT molecular complexity index is 1340. The average molecular weight is 503 g/mol. The van der Waals surface area contributed by atoms with Crippen molar-refractivity contribution < 1.29 is 13.9 Å². The van der Waals surface area contributed by atoms with Crippen molar-refractivity contribution >= 4 is 17.6 Å². The Morgan fingerprint density at radius 2 is 1.95 bits per heavy atom. The van der Waals surface area contributed by atoms with Crippen molar-refractivity contribution in [2.75, 3.05) is 36.6 Å². The lowest BCUT2D eigenvalue weighted by Crippen LogP contribution is -2.33. The van der Waals surface area contributed by atoms with Crippen molar-refractivity contribution in [3.63, 3.8) is 0 Å². The number of H-pyrrole nitrogens is 1. The molecule has 190 valence electrons. The summed E-state index contributed by atoms with van der Waals surface area (Å²) in [6, 6.07) is 10.6. The molecule has 0 saturated carbocycles. The van der Waals surface area contributed by atoms with E-state index >= 15 is 0 Å². The van der Waals surface area contributed by atoms with Crippen LogP contribution in [0.2, 0.25) is 0 Å². The van der Waals surface area contributed by atoms with Crippen molar-refractivity contribution in [2.24, 2.45) is 0 Å². The van der Waals surface area contributed by atoms with Gasteiger partial charge in [-0.15, -0.1) is 10.2 Å². The van der Waals surface area contributed by atoms with E-state index < -0.39 is 5.97 Å². The predicted octanol–water partition coefficient (Wildman–Crippen LogP) is 1.44. The molecule has 13 heteroatoms. The van der Waals surface area contributed by atoms with E-state index in [1.807, 2.05) is 23.1 Å². The Kier molecular flexibility index (Phi) is 6.42. The number of carbonyl (C=O) groups excluding carboxylic acids is 1. The van der Waals surface area contributed by atoms with E-state index in [0.717, 1.165) is 43.9 Å². The number of aromatic nitrogens is 7. The second kappa shape index (κ2) is 10.3. The Balaban J connectivity index is 0.980. The molecule has 0 radical (unpaired) electrons. The molecule has 1 atom stereocenters. The zero-order valence-corrected chi connectivity index (χ0v) is 20.1. The summed E-state index contributed by atoms with van der Waals surface area (Å²) >= 11 is 0. The molecular formula is C24H26N10O3. The van der Waals surface area contributed by atoms with Gasteiger partial charge in [-0.25, -0.2) is 9.97 Å². The van der Waals surface area contributed by atoms with Gasteiger partial charge in [-0.3, -0.25) is 9.69 Å². The highest BCUT2D eigenvalue weighted by Gasteiger charge is 2.24. The first-order chi connectivity index (χ1) is 18.2. The lowest BCUT2D eigenvalue weighted by molar-refractivity contribution is -0.148. The number of anilines is 2. The lowest BCUT2D eigenvalue weighted by atomic mass is 10.1. The summed E-state index contributed by atoms with van der Waals surface area (Å²) in [6.07, 6.45) is 4.91. The second-order valence-electron chi connectivity index (χ2n) is 9.05. The molecule has 1 aromatic carbocycles. The van der Waals surface area contributed by atoms with E-state index in [9.17, 15) is 4.79 Å². The van der Waals surface area contributed by atoms with E-state index in [1.165, 1.54) is 5.69 Å². The summed E-state index contributed by atoms with van der Waals surface area (Å²) < 4.78 is 11.0. The van der Waals surface area contributed by atoms with Gasteiger partial charge >= 0.3 is 5.97 Å². The maximum atomic E-state index is 12.3. The van der Waals surface area contributed by atoms with E-state index in [4.69, 9.17) is 9.15 Å². The molecule has 37 heavy (non-hydrogen) atoms. The van der Waals surface area contributed by atoms with Crippen molar-refractivity contribution in [1.82, 2.24) is 40.5 Å². The monoisotopic (exact) mass is 502 g/mol. The fourth-order valence-electron chi connectivity index (χ4n) is 4.49. The molecule has 3 aromatic heterocycles. The normalized spacial score (nSPS) is 17.5. The molecule has 2 aliphatic heterocycles. The van der Waals surface area contributed by atoms with Crippen LogP contribution in [0.25, 0.3) is 11.5 Å². The van der Waals surface area contributed by atoms with Crippen LogP contribution in [0.4, 0.5) is 11.6 Å². The van der Waals surface area contributed by atoms with Crippen LogP contribution in [0.3, 0.4) is 0 Å². The van der Waals surface area contributed by atoms with E-state index in [0.29, 0.717) is 18.1 Å². The number of aromatic amines is 1. The van der Waals surface area contributed by atoms with Crippen LogP contribution in [-0.2, 0) is 28.9 Å². The van der Waals surface area contributed by atoms with Gasteiger partial charge in [0.25, 0.3) is 5.89 Å². The summed E-state index contributed by atoms with van der Waals surface area (Å²) in [4.78, 5) is 25.4. The average Bonchev–Trinajstić information content (AvgIpc) is 3.70. The van der Waals surface area contributed by atoms with Gasteiger partial charge < -0.3 is 19.4 Å². The summed E-state index contributed by atoms with van der Waals surface area (Å²) in [5, 5.41) is 22.2. The number of nitrogens with one attached hydrogen (secondary N) is 2. The van der Waals surface area contributed by atoms with Crippen molar-refractivity contribution in [3.8, 4) is 11.5 Å². The minimum Gasteiger partial charge on any atom is -0.449 e. The third kappa shape index (κ3) is 5.40. The summed E-state index contributed by atoms with van der Waals surface area (Å²) in [7, 11) is 0. The first kappa shape index (κ1) is 23.0. The SMILES string of the molecule is O=C(Cc1nnc(-c2cnc(NC3CCN(c4ccccc4)C3)nc2)o1)OCN1CCc2n[nH]nc2C1. The molecule has 2 aliphatic rings. The summed E-state index contributed by atoms with van der Waals surface area (Å²) in [5.41, 5.74) is 3.63. The largest absolute Gasteiger partial charge is 0.449 e. The number of fused-ring (bicyclic) bond motifs is 1. The number of hydrogen-bond donors (Lipinski definition) is 2. The first-order valence-electron chi connectivity index (χ1n) is 12.2. The molecule has 1 unspecified atom stereocenters. The molecule has 2 N–H and O–H groups in total. The molecule has 0 aliphatic carbocycles. The molecular weight excluding hydrogens is 476 g/mol. The maximum absolute atomic E-state index is 12.3. The molecule has 0 spiro atoms. The van der Waals surface area contributed by atoms with Crippen molar-refractivity contribution in [2.45, 2.75) is 31.8 Å². The molecule has 6 rings (SSSR count).